The summed E-state index contributed by atoms with van der Waals surface area (Å²) in [6.45, 7) is 4.22. The maximum atomic E-state index is 15.5. The van der Waals surface area contributed by atoms with Crippen molar-refractivity contribution in [1.29, 1.82) is 0 Å². The van der Waals surface area contributed by atoms with Gasteiger partial charge in [-0.2, -0.15) is 0 Å². The van der Waals surface area contributed by atoms with E-state index in [1.165, 1.54) is 6.07 Å². The molecule has 1 fully saturated rings. The maximum absolute atomic E-state index is 15.5. The maximum Gasteiger partial charge on any atom is 0.229 e. The van der Waals surface area contributed by atoms with E-state index in [9.17, 15) is 12.8 Å². The molecule has 5 aromatic rings. The summed E-state index contributed by atoms with van der Waals surface area (Å²) in [5, 5.41) is 3.56. The second-order valence-electron chi connectivity index (χ2n) is 10.2. The van der Waals surface area contributed by atoms with E-state index in [0.717, 1.165) is 12.3 Å². The van der Waals surface area contributed by atoms with Crippen LogP contribution >= 0.6 is 0 Å². The Kier molecular flexibility index (Phi) is 7.63. The number of nitrogens with one attached hydrogen (secondary N) is 2. The largest absolute Gasteiger partial charge is 0.378 e. The summed E-state index contributed by atoms with van der Waals surface area (Å²) in [5.41, 5.74) is 4.45. The standard InChI is InChI=1S/C31H28F2N6O3S/c1-19-30(25-8-3-4-9-34-25)37-27-16-21(32)15-24(33)29(27)31(19)36-26-17-28(39-10-12-42-13-11-39)35-18-23(26)20-6-5-7-22(14-20)38-43(2,40)41/h3-9,14-18,38H,10-13H2,1-2H3,(H,35,36,37). The molecule has 43 heavy (non-hydrogen) atoms. The van der Waals surface area contributed by atoms with Gasteiger partial charge in [-0.25, -0.2) is 27.2 Å². The second kappa shape index (κ2) is 11.5. The molecule has 1 aliphatic heterocycles. The molecule has 3 aromatic heterocycles. The molecule has 0 atom stereocenters. The number of halogens is 2. The summed E-state index contributed by atoms with van der Waals surface area (Å²) < 4.78 is 61.7. The zero-order valence-corrected chi connectivity index (χ0v) is 24.3. The van der Waals surface area contributed by atoms with E-state index in [4.69, 9.17) is 9.72 Å². The van der Waals surface area contributed by atoms with E-state index < -0.39 is 21.7 Å². The predicted octanol–water partition coefficient (Wildman–Crippen LogP) is 5.90. The Labute approximate surface area is 247 Å². The number of ether oxygens (including phenoxy) is 1. The van der Waals surface area contributed by atoms with E-state index in [2.05, 4.69) is 24.9 Å². The molecule has 0 bridgehead atoms. The van der Waals surface area contributed by atoms with Crippen LogP contribution in [0.4, 0.5) is 31.7 Å². The fourth-order valence-corrected chi connectivity index (χ4v) is 5.71. The molecule has 9 nitrogen and oxygen atoms in total. The van der Waals surface area contributed by atoms with Crippen LogP contribution in [0.25, 0.3) is 33.4 Å². The van der Waals surface area contributed by atoms with Gasteiger partial charge in [-0.3, -0.25) is 9.71 Å². The highest BCUT2D eigenvalue weighted by molar-refractivity contribution is 7.92. The number of hydrogen-bond donors (Lipinski definition) is 2. The Hall–Kier alpha value is -4.68. The topological polar surface area (TPSA) is 109 Å². The number of hydrogen-bond acceptors (Lipinski definition) is 8. The van der Waals surface area contributed by atoms with Gasteiger partial charge in [0.1, 0.15) is 17.5 Å². The molecule has 0 amide bonds. The lowest BCUT2D eigenvalue weighted by Gasteiger charge is -2.28. The summed E-state index contributed by atoms with van der Waals surface area (Å²) >= 11 is 0. The van der Waals surface area contributed by atoms with Gasteiger partial charge in [-0.15, -0.1) is 0 Å². The number of pyridine rings is 3. The third-order valence-electron chi connectivity index (χ3n) is 7.12. The summed E-state index contributed by atoms with van der Waals surface area (Å²) in [5.74, 6) is -0.815. The molecule has 12 heteroatoms. The van der Waals surface area contributed by atoms with Gasteiger partial charge in [0.05, 0.1) is 53.1 Å². The average molecular weight is 603 g/mol. The molecule has 1 saturated heterocycles. The number of anilines is 4. The van der Waals surface area contributed by atoms with Crippen LogP contribution in [0, 0.1) is 18.6 Å². The molecule has 4 heterocycles. The Balaban J connectivity index is 1.55. The molecule has 6 rings (SSSR count). The molecule has 2 aromatic carbocycles. The number of rotatable bonds is 7. The fourth-order valence-electron chi connectivity index (χ4n) is 5.16. The third-order valence-corrected chi connectivity index (χ3v) is 7.72. The molecule has 220 valence electrons. The first-order chi connectivity index (χ1) is 20.7. The average Bonchev–Trinajstić information content (AvgIpc) is 2.98. The van der Waals surface area contributed by atoms with Gasteiger partial charge in [0.25, 0.3) is 0 Å². The molecule has 0 radical (unpaired) electrons. The number of sulfonamides is 1. The van der Waals surface area contributed by atoms with E-state index in [1.54, 1.807) is 42.7 Å². The first-order valence-corrected chi connectivity index (χ1v) is 15.4. The van der Waals surface area contributed by atoms with Gasteiger partial charge in [-0.1, -0.05) is 18.2 Å². The normalized spacial score (nSPS) is 13.7. The van der Waals surface area contributed by atoms with Gasteiger partial charge in [0.15, 0.2) is 0 Å². The van der Waals surface area contributed by atoms with Crippen molar-refractivity contribution in [2.24, 2.45) is 0 Å². The van der Waals surface area contributed by atoms with Gasteiger partial charge in [0, 0.05) is 60.5 Å². The van der Waals surface area contributed by atoms with E-state index in [1.807, 2.05) is 25.1 Å². The Bertz CT molecular complexity index is 1930. The van der Waals surface area contributed by atoms with E-state index in [-0.39, 0.29) is 10.9 Å². The zero-order valence-electron chi connectivity index (χ0n) is 23.4. The van der Waals surface area contributed by atoms with Crippen LogP contribution in [-0.4, -0.2) is 55.9 Å². The van der Waals surface area contributed by atoms with Crippen LogP contribution < -0.4 is 14.9 Å². The fraction of sp³-hybridized carbons (Fsp3) is 0.194. The van der Waals surface area contributed by atoms with Crippen LogP contribution in [-0.2, 0) is 14.8 Å². The van der Waals surface area contributed by atoms with Crippen LogP contribution in [0.2, 0.25) is 0 Å². The highest BCUT2D eigenvalue weighted by Crippen LogP contribution is 2.40. The van der Waals surface area contributed by atoms with Gasteiger partial charge in [0.2, 0.25) is 10.0 Å². The Morgan fingerprint density at radius 2 is 1.79 bits per heavy atom. The monoisotopic (exact) mass is 602 g/mol. The molecule has 0 unspecified atom stereocenters. The van der Waals surface area contributed by atoms with Crippen molar-refractivity contribution in [2.75, 3.05) is 47.5 Å². The van der Waals surface area contributed by atoms with Crippen molar-refractivity contribution in [1.82, 2.24) is 15.0 Å². The lowest BCUT2D eigenvalue weighted by molar-refractivity contribution is 0.122. The number of fused-ring (bicyclic) bond motifs is 1. The van der Waals surface area contributed by atoms with Crippen LogP contribution in [0.3, 0.4) is 0 Å². The summed E-state index contributed by atoms with van der Waals surface area (Å²) in [6, 6.07) is 16.2. The zero-order chi connectivity index (χ0) is 30.1. The lowest BCUT2D eigenvalue weighted by Crippen LogP contribution is -2.36. The van der Waals surface area contributed by atoms with Gasteiger partial charge in [-0.05, 0) is 36.8 Å². The Morgan fingerprint density at radius 1 is 0.977 bits per heavy atom. The molecule has 0 aliphatic carbocycles. The van der Waals surface area contributed by atoms with Crippen molar-refractivity contribution in [3.63, 3.8) is 0 Å². The number of morpholine rings is 1. The van der Waals surface area contributed by atoms with Crippen molar-refractivity contribution >= 4 is 43.8 Å². The number of aromatic nitrogens is 3. The molecular weight excluding hydrogens is 574 g/mol. The Morgan fingerprint density at radius 3 is 2.53 bits per heavy atom. The summed E-state index contributed by atoms with van der Waals surface area (Å²) in [7, 11) is -3.51. The minimum absolute atomic E-state index is 0.127. The number of benzene rings is 2. The smallest absolute Gasteiger partial charge is 0.229 e. The second-order valence-corrected chi connectivity index (χ2v) is 12.0. The molecule has 0 saturated carbocycles. The van der Waals surface area contributed by atoms with Crippen molar-refractivity contribution in [3.8, 4) is 22.5 Å². The summed E-state index contributed by atoms with van der Waals surface area (Å²) in [4.78, 5) is 15.8. The van der Waals surface area contributed by atoms with Crippen molar-refractivity contribution in [3.05, 3.63) is 90.3 Å². The molecule has 0 spiro atoms. The van der Waals surface area contributed by atoms with Gasteiger partial charge >= 0.3 is 0 Å². The lowest BCUT2D eigenvalue weighted by atomic mass is 10.0. The SMILES string of the molecule is Cc1c(-c2ccccn2)nc2cc(F)cc(F)c2c1Nc1cc(N2CCOCC2)ncc1-c1cccc(NS(C)(=O)=O)c1. The quantitative estimate of drug-likeness (QED) is 0.237. The van der Waals surface area contributed by atoms with E-state index >= 15 is 4.39 Å². The van der Waals surface area contributed by atoms with E-state index in [0.29, 0.717) is 77.3 Å². The van der Waals surface area contributed by atoms with Crippen LogP contribution in [0.1, 0.15) is 5.56 Å². The minimum Gasteiger partial charge on any atom is -0.378 e. The third kappa shape index (κ3) is 6.11. The molecule has 2 N–H and O–H groups in total. The first-order valence-electron chi connectivity index (χ1n) is 13.5. The highest BCUT2D eigenvalue weighted by Gasteiger charge is 2.21. The molecular formula is C31H28F2N6O3S. The van der Waals surface area contributed by atoms with Crippen LogP contribution in [0.5, 0.6) is 0 Å². The van der Waals surface area contributed by atoms with Crippen molar-refractivity contribution < 1.29 is 21.9 Å². The molecule has 1 aliphatic rings. The minimum atomic E-state index is -3.51. The predicted molar refractivity (Wildman–Crippen MR) is 164 cm³/mol. The van der Waals surface area contributed by atoms with Crippen molar-refractivity contribution in [2.45, 2.75) is 6.92 Å². The first kappa shape index (κ1) is 28.4. The van der Waals surface area contributed by atoms with Crippen LogP contribution in [0.15, 0.2) is 73.1 Å². The van der Waals surface area contributed by atoms with Gasteiger partial charge < -0.3 is 15.0 Å². The highest BCUT2D eigenvalue weighted by atomic mass is 32.2. The summed E-state index contributed by atoms with van der Waals surface area (Å²) in [6.07, 6.45) is 4.41. The number of nitrogens with zero attached hydrogens (tertiary/aromatic N) is 4.